The number of unbranched alkanes of at least 4 members (excludes halogenated alkanes) is 1. The summed E-state index contributed by atoms with van der Waals surface area (Å²) in [6.07, 6.45) is 2.38. The zero-order valence-corrected chi connectivity index (χ0v) is 17.5. The van der Waals surface area contributed by atoms with Crippen LogP contribution in [0.25, 0.3) is 0 Å². The topological polar surface area (TPSA) is 59.6 Å². The zero-order valence-electron chi connectivity index (χ0n) is 16.7. The van der Waals surface area contributed by atoms with Crippen molar-refractivity contribution in [2.45, 2.75) is 39.7 Å². The van der Waals surface area contributed by atoms with E-state index < -0.39 is 0 Å². The van der Waals surface area contributed by atoms with E-state index in [1.165, 1.54) is 0 Å². The minimum atomic E-state index is -0.135. The number of methoxy groups -OCH3 is 1. The van der Waals surface area contributed by atoms with E-state index in [-0.39, 0.29) is 5.91 Å². The molecule has 5 nitrogen and oxygen atoms in total. The monoisotopic (exact) mass is 400 g/mol. The lowest BCUT2D eigenvalue weighted by Crippen LogP contribution is -2.39. The van der Waals surface area contributed by atoms with E-state index in [1.807, 2.05) is 49.4 Å². The minimum Gasteiger partial charge on any atom is -0.493 e. The number of carbonyl (C=O) groups is 1. The van der Waals surface area contributed by atoms with Gasteiger partial charge in [-0.25, -0.2) is 0 Å². The van der Waals surface area contributed by atoms with Crippen LogP contribution in [-0.4, -0.2) is 24.7 Å². The van der Waals surface area contributed by atoms with Crippen molar-refractivity contribution in [2.24, 2.45) is 0 Å². The van der Waals surface area contributed by atoms with E-state index in [0.717, 1.165) is 35.3 Å². The van der Waals surface area contributed by atoms with Crippen LogP contribution < -0.4 is 20.1 Å². The third kappa shape index (κ3) is 6.85. The van der Waals surface area contributed by atoms with Gasteiger partial charge in [-0.1, -0.05) is 43.7 Å². The van der Waals surface area contributed by atoms with Crippen molar-refractivity contribution >= 4 is 23.2 Å². The molecule has 28 heavy (non-hydrogen) atoms. The van der Waals surface area contributed by atoms with Gasteiger partial charge in [-0.3, -0.25) is 4.79 Å². The van der Waals surface area contributed by atoms with Crippen molar-refractivity contribution in [2.75, 3.05) is 13.7 Å². The number of hydrogen-bond donors (Lipinski definition) is 2. The van der Waals surface area contributed by atoms with Crippen molar-refractivity contribution in [1.82, 2.24) is 10.6 Å². The van der Waals surface area contributed by atoms with Crippen LogP contribution >= 0.6 is 12.2 Å². The van der Waals surface area contributed by atoms with Crippen LogP contribution in [0.4, 0.5) is 0 Å². The fourth-order valence-electron chi connectivity index (χ4n) is 2.65. The third-order valence-corrected chi connectivity index (χ3v) is 4.55. The van der Waals surface area contributed by atoms with Gasteiger partial charge >= 0.3 is 0 Å². The molecule has 0 aliphatic heterocycles. The summed E-state index contributed by atoms with van der Waals surface area (Å²) in [5, 5.41) is 6.09. The molecule has 0 unspecified atom stereocenters. The van der Waals surface area contributed by atoms with Gasteiger partial charge in [0.2, 0.25) is 5.91 Å². The Morgan fingerprint density at radius 2 is 1.93 bits per heavy atom. The smallest absolute Gasteiger partial charge is 0.230 e. The van der Waals surface area contributed by atoms with Gasteiger partial charge in [0.25, 0.3) is 0 Å². The average molecular weight is 401 g/mol. The Kier molecular flexibility index (Phi) is 8.75. The second kappa shape index (κ2) is 11.3. The van der Waals surface area contributed by atoms with E-state index in [4.69, 9.17) is 21.7 Å². The molecule has 0 saturated carbocycles. The molecule has 0 atom stereocenters. The van der Waals surface area contributed by atoms with Crippen LogP contribution in [0, 0.1) is 6.92 Å². The lowest BCUT2D eigenvalue weighted by atomic mass is 10.1. The Labute approximate surface area is 172 Å². The molecule has 0 spiro atoms. The fraction of sp³-hybridized carbons (Fsp3) is 0.364. The van der Waals surface area contributed by atoms with Gasteiger partial charge in [0, 0.05) is 6.54 Å². The minimum absolute atomic E-state index is 0.135. The van der Waals surface area contributed by atoms with E-state index in [0.29, 0.717) is 30.4 Å². The number of amides is 1. The first-order chi connectivity index (χ1) is 13.5. The second-order valence-electron chi connectivity index (χ2n) is 6.52. The highest BCUT2D eigenvalue weighted by Gasteiger charge is 2.09. The Balaban J connectivity index is 1.84. The van der Waals surface area contributed by atoms with Gasteiger partial charge in [-0.05, 0) is 54.4 Å². The van der Waals surface area contributed by atoms with Crippen LogP contribution in [-0.2, 0) is 17.8 Å². The summed E-state index contributed by atoms with van der Waals surface area (Å²) in [4.78, 5) is 12.2. The van der Waals surface area contributed by atoms with E-state index in [2.05, 4.69) is 17.6 Å². The standard InChI is InChI=1S/C22H28N2O3S/c1-4-5-12-27-19-11-10-17(13-20(19)26-3)15-23-22(28)24-21(25)14-18-9-7-6-8-16(18)2/h6-11,13H,4-5,12,14-15H2,1-3H3,(H2,23,24,25,28). The van der Waals surface area contributed by atoms with Crippen LogP contribution in [0.15, 0.2) is 42.5 Å². The first-order valence-corrected chi connectivity index (χ1v) is 9.86. The molecule has 0 fully saturated rings. The highest BCUT2D eigenvalue weighted by molar-refractivity contribution is 7.80. The number of rotatable bonds is 9. The largest absolute Gasteiger partial charge is 0.493 e. The maximum Gasteiger partial charge on any atom is 0.230 e. The number of ether oxygens (including phenoxy) is 2. The molecule has 0 radical (unpaired) electrons. The first kappa shape index (κ1) is 21.7. The zero-order chi connectivity index (χ0) is 20.4. The summed E-state index contributed by atoms with van der Waals surface area (Å²) in [6.45, 7) is 5.26. The van der Waals surface area contributed by atoms with Gasteiger partial charge in [-0.2, -0.15) is 0 Å². The summed E-state index contributed by atoms with van der Waals surface area (Å²) in [6, 6.07) is 13.6. The Hall–Kier alpha value is -2.60. The first-order valence-electron chi connectivity index (χ1n) is 9.45. The molecular formula is C22H28N2O3S. The predicted molar refractivity (Wildman–Crippen MR) is 116 cm³/mol. The molecule has 150 valence electrons. The van der Waals surface area contributed by atoms with E-state index in [1.54, 1.807) is 7.11 Å². The molecule has 2 aromatic rings. The molecule has 2 rings (SSSR count). The van der Waals surface area contributed by atoms with E-state index in [9.17, 15) is 4.79 Å². The van der Waals surface area contributed by atoms with Crippen LogP contribution in [0.5, 0.6) is 11.5 Å². The van der Waals surface area contributed by atoms with Gasteiger partial charge in [0.05, 0.1) is 20.1 Å². The van der Waals surface area contributed by atoms with Crippen molar-refractivity contribution in [3.05, 3.63) is 59.2 Å². The van der Waals surface area contributed by atoms with Crippen molar-refractivity contribution in [3.63, 3.8) is 0 Å². The van der Waals surface area contributed by atoms with Crippen molar-refractivity contribution in [1.29, 1.82) is 0 Å². The summed E-state index contributed by atoms with van der Waals surface area (Å²) in [5.41, 5.74) is 3.06. The third-order valence-electron chi connectivity index (χ3n) is 4.30. The van der Waals surface area contributed by atoms with Crippen LogP contribution in [0.1, 0.15) is 36.5 Å². The summed E-state index contributed by atoms with van der Waals surface area (Å²) < 4.78 is 11.1. The number of carbonyl (C=O) groups excluding carboxylic acids is 1. The lowest BCUT2D eigenvalue weighted by molar-refractivity contribution is -0.119. The number of benzene rings is 2. The quantitative estimate of drug-likeness (QED) is 0.494. The number of nitrogens with one attached hydrogen (secondary N) is 2. The molecule has 2 aromatic carbocycles. The molecule has 0 aliphatic carbocycles. The normalized spacial score (nSPS) is 10.2. The number of hydrogen-bond acceptors (Lipinski definition) is 4. The molecule has 0 heterocycles. The predicted octanol–water partition coefficient (Wildman–Crippen LogP) is 3.92. The average Bonchev–Trinajstić information content (AvgIpc) is 2.69. The number of thiocarbonyl (C=S) groups is 1. The fourth-order valence-corrected chi connectivity index (χ4v) is 2.83. The maximum absolute atomic E-state index is 12.2. The molecule has 0 bridgehead atoms. The Morgan fingerprint density at radius 3 is 2.64 bits per heavy atom. The van der Waals surface area contributed by atoms with Crippen molar-refractivity contribution in [3.8, 4) is 11.5 Å². The molecule has 0 aliphatic rings. The highest BCUT2D eigenvalue weighted by Crippen LogP contribution is 2.28. The maximum atomic E-state index is 12.2. The second-order valence-corrected chi connectivity index (χ2v) is 6.93. The van der Waals surface area contributed by atoms with Crippen LogP contribution in [0.2, 0.25) is 0 Å². The van der Waals surface area contributed by atoms with Gasteiger partial charge in [-0.15, -0.1) is 0 Å². The summed E-state index contributed by atoms with van der Waals surface area (Å²) in [7, 11) is 1.62. The summed E-state index contributed by atoms with van der Waals surface area (Å²) in [5.74, 6) is 1.28. The molecule has 0 saturated heterocycles. The SMILES string of the molecule is CCCCOc1ccc(CNC(=S)NC(=O)Cc2ccccc2C)cc1OC. The van der Waals surface area contributed by atoms with E-state index >= 15 is 0 Å². The summed E-state index contributed by atoms with van der Waals surface area (Å²) >= 11 is 5.24. The Morgan fingerprint density at radius 1 is 1.14 bits per heavy atom. The molecular weight excluding hydrogens is 372 g/mol. The molecule has 1 amide bonds. The van der Waals surface area contributed by atoms with Gasteiger partial charge in [0.15, 0.2) is 16.6 Å². The molecule has 6 heteroatoms. The Bertz CT molecular complexity index is 808. The van der Waals surface area contributed by atoms with Crippen LogP contribution in [0.3, 0.4) is 0 Å². The lowest BCUT2D eigenvalue weighted by Gasteiger charge is -2.13. The van der Waals surface area contributed by atoms with Crippen molar-refractivity contribution < 1.29 is 14.3 Å². The molecule has 0 aromatic heterocycles. The van der Waals surface area contributed by atoms with Gasteiger partial charge < -0.3 is 20.1 Å². The van der Waals surface area contributed by atoms with Gasteiger partial charge in [0.1, 0.15) is 0 Å². The highest BCUT2D eigenvalue weighted by atomic mass is 32.1. The number of aryl methyl sites for hydroxylation is 1. The molecule has 2 N–H and O–H groups in total.